The van der Waals surface area contributed by atoms with Crippen LogP contribution in [-0.4, -0.2) is 39.3 Å². The summed E-state index contributed by atoms with van der Waals surface area (Å²) in [5, 5.41) is 0. The molecule has 0 bridgehead atoms. The summed E-state index contributed by atoms with van der Waals surface area (Å²) in [6.45, 7) is 0. The zero-order chi connectivity index (χ0) is 17.6. The maximum atomic E-state index is 12.4. The summed E-state index contributed by atoms with van der Waals surface area (Å²) < 4.78 is 1.95. The van der Waals surface area contributed by atoms with Gasteiger partial charge >= 0.3 is 0 Å². The molecule has 0 saturated heterocycles. The van der Waals surface area contributed by atoms with E-state index in [4.69, 9.17) is 0 Å². The van der Waals surface area contributed by atoms with E-state index in [1.54, 1.807) is 37.3 Å². The number of amides is 1. The fourth-order valence-electron chi connectivity index (χ4n) is 3.83. The van der Waals surface area contributed by atoms with Crippen LogP contribution in [0.15, 0.2) is 29.2 Å². The van der Waals surface area contributed by atoms with Gasteiger partial charge in [0.1, 0.15) is 11.3 Å². The molecular weight excluding hydrogens is 316 g/mol. The maximum Gasteiger partial charge on any atom is 0.274 e. The van der Waals surface area contributed by atoms with Gasteiger partial charge in [0, 0.05) is 25.6 Å². The van der Waals surface area contributed by atoms with Crippen LogP contribution in [0.25, 0.3) is 16.6 Å². The standard InChI is InChI=1S/C19H22N4O2/c1-22(2)19(25)13-8-9-14-15(10-13)23-16(18(24)21-14)11-20-17(23)12-6-4-3-5-7-12/h8-12H,3-7H2,1-2H3,(H,21,24). The second-order valence-corrected chi connectivity index (χ2v) is 7.06. The molecule has 1 aromatic carbocycles. The number of hydrogen-bond acceptors (Lipinski definition) is 3. The topological polar surface area (TPSA) is 70.5 Å². The van der Waals surface area contributed by atoms with E-state index >= 15 is 0 Å². The van der Waals surface area contributed by atoms with Crippen molar-refractivity contribution in [3.8, 4) is 0 Å². The van der Waals surface area contributed by atoms with Crippen LogP contribution in [-0.2, 0) is 0 Å². The highest BCUT2D eigenvalue weighted by molar-refractivity contribution is 5.97. The van der Waals surface area contributed by atoms with E-state index in [-0.39, 0.29) is 11.5 Å². The molecule has 25 heavy (non-hydrogen) atoms. The fourth-order valence-corrected chi connectivity index (χ4v) is 3.83. The molecule has 0 aliphatic heterocycles. The number of carbonyl (C=O) groups is 1. The number of carbonyl (C=O) groups excluding carboxylic acids is 1. The Morgan fingerprint density at radius 3 is 2.68 bits per heavy atom. The molecule has 1 aliphatic carbocycles. The van der Waals surface area contributed by atoms with Crippen molar-refractivity contribution in [2.75, 3.05) is 14.1 Å². The Kier molecular flexibility index (Phi) is 3.82. The first-order chi connectivity index (χ1) is 12.1. The van der Waals surface area contributed by atoms with Gasteiger partial charge in [-0.2, -0.15) is 0 Å². The first kappa shape index (κ1) is 15.9. The molecule has 1 N–H and O–H groups in total. The highest BCUT2D eigenvalue weighted by Crippen LogP contribution is 2.33. The molecule has 6 nitrogen and oxygen atoms in total. The maximum absolute atomic E-state index is 12.4. The predicted molar refractivity (Wildman–Crippen MR) is 97.2 cm³/mol. The summed E-state index contributed by atoms with van der Waals surface area (Å²) in [7, 11) is 3.47. The van der Waals surface area contributed by atoms with Crippen molar-refractivity contribution >= 4 is 22.5 Å². The zero-order valence-electron chi connectivity index (χ0n) is 14.6. The van der Waals surface area contributed by atoms with Crippen LogP contribution in [0.2, 0.25) is 0 Å². The molecule has 1 aliphatic rings. The number of hydrogen-bond donors (Lipinski definition) is 1. The van der Waals surface area contributed by atoms with Crippen LogP contribution in [0.3, 0.4) is 0 Å². The van der Waals surface area contributed by atoms with E-state index in [9.17, 15) is 9.59 Å². The van der Waals surface area contributed by atoms with Gasteiger partial charge in [-0.05, 0) is 31.0 Å². The van der Waals surface area contributed by atoms with Crippen LogP contribution in [0.4, 0.5) is 0 Å². The number of imidazole rings is 1. The molecule has 0 radical (unpaired) electrons. The van der Waals surface area contributed by atoms with E-state index in [0.29, 0.717) is 17.0 Å². The Labute approximate surface area is 145 Å². The highest BCUT2D eigenvalue weighted by atomic mass is 16.2. The van der Waals surface area contributed by atoms with Crippen molar-refractivity contribution < 1.29 is 4.79 Å². The molecule has 2 heterocycles. The Bertz CT molecular complexity index is 1010. The molecule has 0 atom stereocenters. The average Bonchev–Trinajstić information content (AvgIpc) is 3.07. The van der Waals surface area contributed by atoms with E-state index < -0.39 is 0 Å². The summed E-state index contributed by atoms with van der Waals surface area (Å²) in [6.07, 6.45) is 7.52. The van der Waals surface area contributed by atoms with Gasteiger partial charge in [0.15, 0.2) is 0 Å². The molecule has 2 aromatic heterocycles. The third kappa shape index (κ3) is 2.62. The van der Waals surface area contributed by atoms with Crippen molar-refractivity contribution in [3.63, 3.8) is 0 Å². The van der Waals surface area contributed by atoms with E-state index in [2.05, 4.69) is 9.97 Å². The molecule has 4 rings (SSSR count). The fraction of sp³-hybridized carbons (Fsp3) is 0.421. The van der Waals surface area contributed by atoms with Gasteiger partial charge < -0.3 is 9.88 Å². The van der Waals surface area contributed by atoms with Crippen LogP contribution >= 0.6 is 0 Å². The second-order valence-electron chi connectivity index (χ2n) is 7.06. The molecule has 1 fully saturated rings. The molecule has 1 saturated carbocycles. The third-order valence-electron chi connectivity index (χ3n) is 5.13. The Morgan fingerprint density at radius 1 is 1.20 bits per heavy atom. The Hall–Kier alpha value is -2.63. The molecule has 6 heteroatoms. The molecule has 1 amide bonds. The molecule has 130 valence electrons. The lowest BCUT2D eigenvalue weighted by Crippen LogP contribution is -2.22. The number of nitrogens with zero attached hydrogens (tertiary/aromatic N) is 3. The van der Waals surface area contributed by atoms with Crippen molar-refractivity contribution in [3.05, 3.63) is 46.1 Å². The quantitative estimate of drug-likeness (QED) is 0.781. The van der Waals surface area contributed by atoms with Crippen LogP contribution in [0, 0.1) is 0 Å². The third-order valence-corrected chi connectivity index (χ3v) is 5.13. The van der Waals surface area contributed by atoms with Gasteiger partial charge in [0.2, 0.25) is 0 Å². The smallest absolute Gasteiger partial charge is 0.274 e. The molecule has 0 spiro atoms. The first-order valence-electron chi connectivity index (χ1n) is 8.81. The predicted octanol–water partition coefficient (Wildman–Crippen LogP) is 2.93. The van der Waals surface area contributed by atoms with Crippen molar-refractivity contribution in [2.45, 2.75) is 38.0 Å². The summed E-state index contributed by atoms with van der Waals surface area (Å²) in [5.41, 5.74) is 2.56. The largest absolute Gasteiger partial charge is 0.345 e. The van der Waals surface area contributed by atoms with Gasteiger partial charge in [-0.3, -0.25) is 14.0 Å². The average molecular weight is 338 g/mol. The second kappa shape index (κ2) is 6.02. The van der Waals surface area contributed by atoms with Gasteiger partial charge in [0.05, 0.1) is 17.2 Å². The normalized spacial score (nSPS) is 15.8. The van der Waals surface area contributed by atoms with E-state index in [1.165, 1.54) is 19.3 Å². The lowest BCUT2D eigenvalue weighted by molar-refractivity contribution is 0.0827. The van der Waals surface area contributed by atoms with Gasteiger partial charge in [0.25, 0.3) is 11.5 Å². The van der Waals surface area contributed by atoms with Gasteiger partial charge in [-0.25, -0.2) is 4.98 Å². The number of nitrogens with one attached hydrogen (secondary N) is 1. The summed E-state index contributed by atoms with van der Waals surface area (Å²) in [6, 6.07) is 5.41. The minimum atomic E-state index is -0.145. The van der Waals surface area contributed by atoms with Crippen molar-refractivity contribution in [1.82, 2.24) is 19.3 Å². The number of aromatic amines is 1. The van der Waals surface area contributed by atoms with E-state index in [1.807, 2.05) is 10.5 Å². The van der Waals surface area contributed by atoms with E-state index in [0.717, 1.165) is 29.7 Å². The van der Waals surface area contributed by atoms with Crippen molar-refractivity contribution in [1.29, 1.82) is 0 Å². The zero-order valence-corrected chi connectivity index (χ0v) is 14.6. The monoisotopic (exact) mass is 338 g/mol. The number of fused-ring (bicyclic) bond motifs is 3. The lowest BCUT2D eigenvalue weighted by atomic mass is 9.88. The number of aromatic nitrogens is 3. The summed E-state index contributed by atoms with van der Waals surface area (Å²) in [5.74, 6) is 1.26. The lowest BCUT2D eigenvalue weighted by Gasteiger charge is -2.21. The number of rotatable bonds is 2. The molecule has 0 unspecified atom stereocenters. The van der Waals surface area contributed by atoms with Crippen LogP contribution in [0.5, 0.6) is 0 Å². The summed E-state index contributed by atoms with van der Waals surface area (Å²) >= 11 is 0. The minimum absolute atomic E-state index is 0.0550. The Balaban J connectivity index is 1.98. The first-order valence-corrected chi connectivity index (χ1v) is 8.81. The SMILES string of the molecule is CN(C)C(=O)c1ccc2[nH]c(=O)c3cnc(C4CCCCC4)n3c2c1. The van der Waals surface area contributed by atoms with Gasteiger partial charge in [-0.15, -0.1) is 0 Å². The highest BCUT2D eigenvalue weighted by Gasteiger charge is 2.22. The van der Waals surface area contributed by atoms with Crippen molar-refractivity contribution in [2.24, 2.45) is 0 Å². The van der Waals surface area contributed by atoms with Crippen LogP contribution < -0.4 is 5.56 Å². The molecular formula is C19H22N4O2. The molecule has 3 aromatic rings. The summed E-state index contributed by atoms with van der Waals surface area (Å²) in [4.78, 5) is 33.8. The number of benzene rings is 1. The Morgan fingerprint density at radius 2 is 1.96 bits per heavy atom. The van der Waals surface area contributed by atoms with Crippen LogP contribution in [0.1, 0.15) is 54.2 Å². The van der Waals surface area contributed by atoms with Gasteiger partial charge in [-0.1, -0.05) is 19.3 Å². The number of H-pyrrole nitrogens is 1. The minimum Gasteiger partial charge on any atom is -0.345 e.